The van der Waals surface area contributed by atoms with E-state index in [1.54, 1.807) is 0 Å². The van der Waals surface area contributed by atoms with Crippen LogP contribution in [0.2, 0.25) is 0 Å². The van der Waals surface area contributed by atoms with Gasteiger partial charge in [0.25, 0.3) is 0 Å². The third-order valence-corrected chi connectivity index (χ3v) is 3.70. The molecule has 1 aliphatic rings. The van der Waals surface area contributed by atoms with Crippen LogP contribution < -0.4 is 5.32 Å². The van der Waals surface area contributed by atoms with Gasteiger partial charge in [0, 0.05) is 12.6 Å². The van der Waals surface area contributed by atoms with Crippen molar-refractivity contribution in [1.82, 2.24) is 5.32 Å². The van der Waals surface area contributed by atoms with Gasteiger partial charge in [-0.05, 0) is 64.5 Å². The molecule has 1 saturated carbocycles. The molecule has 1 atom stereocenters. The van der Waals surface area contributed by atoms with Gasteiger partial charge in [-0.3, -0.25) is 0 Å². The summed E-state index contributed by atoms with van der Waals surface area (Å²) in [5, 5.41) is 3.67. The lowest BCUT2D eigenvalue weighted by Gasteiger charge is -2.23. The van der Waals surface area contributed by atoms with E-state index in [9.17, 15) is 0 Å². The van der Waals surface area contributed by atoms with Crippen LogP contribution in [0.5, 0.6) is 0 Å². The first-order valence-electron chi connectivity index (χ1n) is 7.94. The predicted molar refractivity (Wildman–Crippen MR) is 85.0 cm³/mol. The molecule has 0 amide bonds. The van der Waals surface area contributed by atoms with Crippen molar-refractivity contribution in [3.63, 3.8) is 0 Å². The van der Waals surface area contributed by atoms with Crippen LogP contribution >= 0.6 is 0 Å². The lowest BCUT2D eigenvalue weighted by Crippen LogP contribution is -2.28. The Balaban J connectivity index is 1.79. The Hall–Kier alpha value is -0.860. The Labute approximate surface area is 123 Å². The highest BCUT2D eigenvalue weighted by Gasteiger charge is 2.22. The minimum atomic E-state index is -0.0266. The third-order valence-electron chi connectivity index (χ3n) is 3.70. The lowest BCUT2D eigenvalue weighted by atomic mass is 9.96. The average Bonchev–Trinajstić information content (AvgIpc) is 3.19. The van der Waals surface area contributed by atoms with Crippen molar-refractivity contribution in [3.8, 4) is 0 Å². The molecule has 0 radical (unpaired) electrons. The smallest absolute Gasteiger partial charge is 0.0598 e. The zero-order valence-corrected chi connectivity index (χ0v) is 13.2. The largest absolute Gasteiger partial charge is 0.376 e. The van der Waals surface area contributed by atoms with Gasteiger partial charge in [0.15, 0.2) is 0 Å². The highest BCUT2D eigenvalue weighted by Crippen LogP contribution is 2.20. The van der Waals surface area contributed by atoms with E-state index >= 15 is 0 Å². The fourth-order valence-corrected chi connectivity index (χ4v) is 2.38. The zero-order chi connectivity index (χ0) is 14.4. The van der Waals surface area contributed by atoms with Gasteiger partial charge in [-0.1, -0.05) is 30.3 Å². The van der Waals surface area contributed by atoms with E-state index in [2.05, 4.69) is 56.4 Å². The molecule has 20 heavy (non-hydrogen) atoms. The molecule has 2 nitrogen and oxygen atoms in total. The monoisotopic (exact) mass is 275 g/mol. The van der Waals surface area contributed by atoms with E-state index in [0.29, 0.717) is 5.92 Å². The molecule has 1 aliphatic carbocycles. The van der Waals surface area contributed by atoms with E-state index in [1.807, 2.05) is 0 Å². The quantitative estimate of drug-likeness (QED) is 0.779. The molecule has 0 bridgehead atoms. The maximum absolute atomic E-state index is 5.89. The first-order chi connectivity index (χ1) is 9.53. The minimum Gasteiger partial charge on any atom is -0.376 e. The molecule has 0 spiro atoms. The summed E-state index contributed by atoms with van der Waals surface area (Å²) in [5.74, 6) is 0.667. The standard InChI is InChI=1S/C18H29NO/c1-18(2,3)20-12-11-16(14-19-17-9-10-17)13-15-7-5-4-6-8-15/h4-8,16-17,19H,9-14H2,1-3H3. The van der Waals surface area contributed by atoms with Crippen molar-refractivity contribution in [2.75, 3.05) is 13.2 Å². The molecule has 112 valence electrons. The third kappa shape index (κ3) is 6.53. The lowest BCUT2D eigenvalue weighted by molar-refractivity contribution is -0.00921. The average molecular weight is 275 g/mol. The molecule has 1 aromatic rings. The van der Waals surface area contributed by atoms with Crippen molar-refractivity contribution in [1.29, 1.82) is 0 Å². The summed E-state index contributed by atoms with van der Waals surface area (Å²) in [4.78, 5) is 0. The normalized spacial score (nSPS) is 17.1. The van der Waals surface area contributed by atoms with Gasteiger partial charge in [0.05, 0.1) is 5.60 Å². The molecule has 0 aromatic heterocycles. The SMILES string of the molecule is CC(C)(C)OCCC(CNC1CC1)Cc1ccccc1. The van der Waals surface area contributed by atoms with E-state index < -0.39 is 0 Å². The first kappa shape index (κ1) is 15.5. The molecule has 1 unspecified atom stereocenters. The van der Waals surface area contributed by atoms with Gasteiger partial charge in [-0.25, -0.2) is 0 Å². The highest BCUT2D eigenvalue weighted by molar-refractivity contribution is 5.15. The van der Waals surface area contributed by atoms with E-state index in [0.717, 1.165) is 32.0 Å². The summed E-state index contributed by atoms with van der Waals surface area (Å²) in [7, 11) is 0. The number of nitrogens with one attached hydrogen (secondary N) is 1. The second kappa shape index (κ2) is 7.24. The summed E-state index contributed by atoms with van der Waals surface area (Å²) in [6.07, 6.45) is 4.99. The van der Waals surface area contributed by atoms with Crippen LogP contribution in [-0.2, 0) is 11.2 Å². The van der Waals surface area contributed by atoms with Crippen molar-refractivity contribution < 1.29 is 4.74 Å². The van der Waals surface area contributed by atoms with Crippen molar-refractivity contribution >= 4 is 0 Å². The molecule has 0 saturated heterocycles. The number of ether oxygens (including phenoxy) is 1. The fraction of sp³-hybridized carbons (Fsp3) is 0.667. The zero-order valence-electron chi connectivity index (χ0n) is 13.2. The molecule has 2 rings (SSSR count). The van der Waals surface area contributed by atoms with Crippen LogP contribution in [0.15, 0.2) is 30.3 Å². The Bertz CT molecular complexity index is 378. The second-order valence-electron chi connectivity index (χ2n) is 6.99. The second-order valence-corrected chi connectivity index (χ2v) is 6.99. The molecule has 1 fully saturated rings. The van der Waals surface area contributed by atoms with Crippen molar-refractivity contribution in [2.45, 2.75) is 58.1 Å². The number of rotatable bonds is 8. The molecule has 2 heteroatoms. The topological polar surface area (TPSA) is 21.3 Å². The highest BCUT2D eigenvalue weighted by atomic mass is 16.5. The van der Waals surface area contributed by atoms with Crippen molar-refractivity contribution in [2.24, 2.45) is 5.92 Å². The molecule has 0 aliphatic heterocycles. The van der Waals surface area contributed by atoms with Gasteiger partial charge in [-0.15, -0.1) is 0 Å². The Kier molecular flexibility index (Phi) is 5.62. The molecular weight excluding hydrogens is 246 g/mol. The summed E-state index contributed by atoms with van der Waals surface area (Å²) >= 11 is 0. The van der Waals surface area contributed by atoms with Crippen LogP contribution in [0.3, 0.4) is 0 Å². The molecule has 0 heterocycles. The van der Waals surface area contributed by atoms with Gasteiger partial charge in [-0.2, -0.15) is 0 Å². The fourth-order valence-electron chi connectivity index (χ4n) is 2.38. The maximum Gasteiger partial charge on any atom is 0.0598 e. The molecular formula is C18H29NO. The Morgan fingerprint density at radius 2 is 1.90 bits per heavy atom. The van der Waals surface area contributed by atoms with E-state index in [1.165, 1.54) is 18.4 Å². The summed E-state index contributed by atoms with van der Waals surface area (Å²) in [5.41, 5.74) is 1.41. The van der Waals surface area contributed by atoms with Crippen LogP contribution in [-0.4, -0.2) is 24.8 Å². The summed E-state index contributed by atoms with van der Waals surface area (Å²) in [6, 6.07) is 11.6. The van der Waals surface area contributed by atoms with Crippen LogP contribution in [0, 0.1) is 5.92 Å². The van der Waals surface area contributed by atoms with Crippen molar-refractivity contribution in [3.05, 3.63) is 35.9 Å². The van der Waals surface area contributed by atoms with Gasteiger partial charge in [0.1, 0.15) is 0 Å². The number of hydrogen-bond acceptors (Lipinski definition) is 2. The molecule has 1 aromatic carbocycles. The number of benzene rings is 1. The Morgan fingerprint density at radius 1 is 1.20 bits per heavy atom. The molecule has 1 N–H and O–H groups in total. The first-order valence-corrected chi connectivity index (χ1v) is 7.94. The van der Waals surface area contributed by atoms with Crippen LogP contribution in [0.4, 0.5) is 0 Å². The van der Waals surface area contributed by atoms with Gasteiger partial charge in [0.2, 0.25) is 0 Å². The summed E-state index contributed by atoms with van der Waals surface area (Å²) < 4.78 is 5.89. The van der Waals surface area contributed by atoms with Gasteiger partial charge < -0.3 is 10.1 Å². The van der Waals surface area contributed by atoms with E-state index in [4.69, 9.17) is 4.74 Å². The summed E-state index contributed by atoms with van der Waals surface area (Å²) in [6.45, 7) is 8.35. The predicted octanol–water partition coefficient (Wildman–Crippen LogP) is 3.80. The van der Waals surface area contributed by atoms with Crippen LogP contribution in [0.25, 0.3) is 0 Å². The maximum atomic E-state index is 5.89. The van der Waals surface area contributed by atoms with Crippen LogP contribution in [0.1, 0.15) is 45.6 Å². The minimum absolute atomic E-state index is 0.0266. The van der Waals surface area contributed by atoms with Gasteiger partial charge >= 0.3 is 0 Å². The van der Waals surface area contributed by atoms with E-state index in [-0.39, 0.29) is 5.60 Å². The number of hydrogen-bond donors (Lipinski definition) is 1. The Morgan fingerprint density at radius 3 is 2.50 bits per heavy atom.